The van der Waals surface area contributed by atoms with Crippen LogP contribution in [0.4, 0.5) is 0 Å². The van der Waals surface area contributed by atoms with E-state index < -0.39 is 0 Å². The molecule has 0 aliphatic carbocycles. The number of hydrogen-bond acceptors (Lipinski definition) is 4. The molecule has 30 heavy (non-hydrogen) atoms. The van der Waals surface area contributed by atoms with Crippen LogP contribution in [0, 0.1) is 0 Å². The number of ether oxygens (including phenoxy) is 1. The summed E-state index contributed by atoms with van der Waals surface area (Å²) in [5.41, 5.74) is 2.34. The van der Waals surface area contributed by atoms with Crippen LogP contribution in [0.1, 0.15) is 27.9 Å². The van der Waals surface area contributed by atoms with E-state index in [1.54, 1.807) is 48.5 Å². The van der Waals surface area contributed by atoms with Gasteiger partial charge >= 0.3 is 0 Å². The van der Waals surface area contributed by atoms with Gasteiger partial charge in [-0.2, -0.15) is 0 Å². The summed E-state index contributed by atoms with van der Waals surface area (Å²) >= 11 is 17.9. The Labute approximate surface area is 190 Å². The van der Waals surface area contributed by atoms with Gasteiger partial charge in [0.15, 0.2) is 5.78 Å². The first-order valence-corrected chi connectivity index (χ1v) is 10.2. The average molecular weight is 463 g/mol. The van der Waals surface area contributed by atoms with Crippen LogP contribution < -0.4 is 4.74 Å². The van der Waals surface area contributed by atoms with Gasteiger partial charge in [0.25, 0.3) is 0 Å². The van der Waals surface area contributed by atoms with Gasteiger partial charge in [0.1, 0.15) is 19.0 Å². The third-order valence-electron chi connectivity index (χ3n) is 4.16. The molecular weight excluding hydrogens is 445 g/mol. The molecule has 0 saturated carbocycles. The molecule has 3 rings (SSSR count). The van der Waals surface area contributed by atoms with Crippen molar-refractivity contribution >= 4 is 46.8 Å². The Morgan fingerprint density at radius 2 is 1.57 bits per heavy atom. The van der Waals surface area contributed by atoms with Crippen molar-refractivity contribution < 1.29 is 14.4 Å². The van der Waals surface area contributed by atoms with E-state index in [4.69, 9.17) is 44.4 Å². The van der Waals surface area contributed by atoms with E-state index in [1.807, 2.05) is 18.2 Å². The number of nitrogens with zero attached hydrogens (tertiary/aromatic N) is 1. The molecule has 0 unspecified atom stereocenters. The minimum atomic E-state index is -0.0684. The van der Waals surface area contributed by atoms with Crippen molar-refractivity contribution in [2.45, 2.75) is 19.6 Å². The summed E-state index contributed by atoms with van der Waals surface area (Å²) in [5, 5.41) is 5.61. The molecule has 0 radical (unpaired) electrons. The first-order valence-electron chi connectivity index (χ1n) is 9.09. The van der Waals surface area contributed by atoms with Crippen molar-refractivity contribution in [2.24, 2.45) is 5.16 Å². The number of Topliss-reactive ketones (excluding diaryl/α,β-unsaturated/α-hetero) is 1. The summed E-state index contributed by atoms with van der Waals surface area (Å²) < 4.78 is 5.72. The van der Waals surface area contributed by atoms with Crippen LogP contribution in [0.15, 0.2) is 71.9 Å². The van der Waals surface area contributed by atoms with Gasteiger partial charge < -0.3 is 9.57 Å². The van der Waals surface area contributed by atoms with Gasteiger partial charge in [-0.05, 0) is 54.1 Å². The topological polar surface area (TPSA) is 47.9 Å². The first kappa shape index (κ1) is 22.2. The summed E-state index contributed by atoms with van der Waals surface area (Å²) in [4.78, 5) is 17.4. The predicted molar refractivity (Wildman–Crippen MR) is 121 cm³/mol. The first-order chi connectivity index (χ1) is 14.5. The van der Waals surface area contributed by atoms with E-state index >= 15 is 0 Å². The zero-order valence-corrected chi connectivity index (χ0v) is 18.1. The third-order valence-corrected chi connectivity index (χ3v) is 4.99. The molecule has 0 spiro atoms. The maximum absolute atomic E-state index is 12.3. The zero-order valence-electron chi connectivity index (χ0n) is 15.9. The molecule has 0 heterocycles. The lowest BCUT2D eigenvalue weighted by Crippen LogP contribution is -2.01. The van der Waals surface area contributed by atoms with Crippen molar-refractivity contribution in [1.29, 1.82) is 0 Å². The fourth-order valence-corrected chi connectivity index (χ4v) is 3.11. The fourth-order valence-electron chi connectivity index (χ4n) is 2.52. The van der Waals surface area contributed by atoms with Gasteiger partial charge in [-0.1, -0.05) is 58.2 Å². The molecule has 0 amide bonds. The Kier molecular flexibility index (Phi) is 8.14. The summed E-state index contributed by atoms with van der Waals surface area (Å²) in [6.07, 6.45) is 1.59. The second-order valence-corrected chi connectivity index (χ2v) is 7.64. The maximum Gasteiger partial charge on any atom is 0.168 e. The largest absolute Gasteiger partial charge is 0.489 e. The van der Waals surface area contributed by atoms with E-state index in [2.05, 4.69) is 5.16 Å². The molecule has 0 atom stereocenters. The highest BCUT2D eigenvalue weighted by atomic mass is 35.5. The van der Waals surface area contributed by atoms with Crippen molar-refractivity contribution in [1.82, 2.24) is 0 Å². The Hall–Kier alpha value is -2.53. The number of rotatable bonds is 9. The lowest BCUT2D eigenvalue weighted by molar-refractivity contribution is 0.0996. The Balaban J connectivity index is 1.44. The molecule has 0 fully saturated rings. The van der Waals surface area contributed by atoms with E-state index in [9.17, 15) is 4.79 Å². The smallest absolute Gasteiger partial charge is 0.168 e. The summed E-state index contributed by atoms with van der Waals surface area (Å²) in [6.45, 7) is 0.618. The SMILES string of the molecule is O=C(CC=NOCc1ccc(Cl)cc1)c1ccc(OCc2ccc(Cl)cc2Cl)cc1. The number of ketones is 1. The zero-order chi connectivity index (χ0) is 21.3. The normalized spacial score (nSPS) is 10.9. The van der Waals surface area contributed by atoms with E-state index in [0.717, 1.165) is 11.1 Å². The second-order valence-electron chi connectivity index (χ2n) is 6.36. The molecule has 7 heteroatoms. The van der Waals surface area contributed by atoms with Gasteiger partial charge in [0.2, 0.25) is 0 Å². The van der Waals surface area contributed by atoms with Crippen LogP contribution in [0.25, 0.3) is 0 Å². The van der Waals surface area contributed by atoms with E-state index in [-0.39, 0.29) is 12.2 Å². The number of benzene rings is 3. The lowest BCUT2D eigenvalue weighted by Gasteiger charge is -2.08. The predicted octanol–water partition coefficient (Wildman–Crippen LogP) is 7.00. The molecular formula is C23H18Cl3NO3. The average Bonchev–Trinajstić information content (AvgIpc) is 2.74. The highest BCUT2D eigenvalue weighted by molar-refractivity contribution is 6.35. The molecule has 0 saturated heterocycles. The fraction of sp³-hybridized carbons (Fsp3) is 0.130. The van der Waals surface area contributed by atoms with Crippen molar-refractivity contribution in [2.75, 3.05) is 0 Å². The number of hydrogen-bond donors (Lipinski definition) is 0. The van der Waals surface area contributed by atoms with Gasteiger partial charge in [0.05, 0.1) is 6.21 Å². The molecule has 3 aromatic rings. The molecule has 4 nitrogen and oxygen atoms in total. The number of carbonyl (C=O) groups excluding carboxylic acids is 1. The second kappa shape index (κ2) is 11.0. The van der Waals surface area contributed by atoms with Crippen LogP contribution in [-0.4, -0.2) is 12.0 Å². The summed E-state index contributed by atoms with van der Waals surface area (Å²) in [7, 11) is 0. The highest BCUT2D eigenvalue weighted by Crippen LogP contribution is 2.23. The molecule has 0 aliphatic heterocycles. The van der Waals surface area contributed by atoms with Crippen LogP contribution in [0.5, 0.6) is 5.75 Å². The molecule has 0 bridgehead atoms. The maximum atomic E-state index is 12.3. The molecule has 154 valence electrons. The number of oxime groups is 1. The quantitative estimate of drug-likeness (QED) is 0.195. The van der Waals surface area contributed by atoms with Crippen LogP contribution in [-0.2, 0) is 18.1 Å². The molecule has 0 aliphatic rings. The summed E-state index contributed by atoms with van der Waals surface area (Å²) in [5.74, 6) is 0.568. The standard InChI is InChI=1S/C23H18Cl3NO3/c24-19-6-1-16(2-7-19)14-30-27-12-11-23(28)17-4-9-21(10-5-17)29-15-18-3-8-20(25)13-22(18)26/h1-10,12-13H,11,14-15H2. The van der Waals surface area contributed by atoms with Crippen LogP contribution >= 0.6 is 34.8 Å². The van der Waals surface area contributed by atoms with Crippen molar-refractivity contribution in [3.8, 4) is 5.75 Å². The minimum Gasteiger partial charge on any atom is -0.489 e. The van der Waals surface area contributed by atoms with Crippen molar-refractivity contribution in [3.63, 3.8) is 0 Å². The molecule has 0 N–H and O–H groups in total. The highest BCUT2D eigenvalue weighted by Gasteiger charge is 2.06. The van der Waals surface area contributed by atoms with Gasteiger partial charge in [0, 0.05) is 32.6 Å². The summed E-state index contributed by atoms with van der Waals surface area (Å²) in [6, 6.07) is 19.4. The Morgan fingerprint density at radius 1 is 0.867 bits per heavy atom. The molecule has 3 aromatic carbocycles. The van der Waals surface area contributed by atoms with E-state index in [0.29, 0.717) is 39.6 Å². The van der Waals surface area contributed by atoms with Crippen LogP contribution in [0.2, 0.25) is 15.1 Å². The number of carbonyl (C=O) groups is 1. The van der Waals surface area contributed by atoms with Gasteiger partial charge in [-0.15, -0.1) is 0 Å². The van der Waals surface area contributed by atoms with Gasteiger partial charge in [-0.25, -0.2) is 0 Å². The lowest BCUT2D eigenvalue weighted by atomic mass is 10.1. The van der Waals surface area contributed by atoms with Crippen molar-refractivity contribution in [3.05, 3.63) is 98.5 Å². The third kappa shape index (κ3) is 6.77. The monoisotopic (exact) mass is 461 g/mol. The minimum absolute atomic E-state index is 0.0684. The van der Waals surface area contributed by atoms with Gasteiger partial charge in [-0.3, -0.25) is 4.79 Å². The Bertz CT molecular complexity index is 1020. The van der Waals surface area contributed by atoms with E-state index in [1.165, 1.54) is 6.21 Å². The Morgan fingerprint density at radius 3 is 2.27 bits per heavy atom. The number of halogens is 3. The van der Waals surface area contributed by atoms with Crippen LogP contribution in [0.3, 0.4) is 0 Å². The molecule has 0 aromatic heterocycles.